The molecule has 0 aromatic carbocycles. The Labute approximate surface area is 192 Å². The third kappa shape index (κ3) is 3.99. The van der Waals surface area contributed by atoms with Crippen LogP contribution in [0.1, 0.15) is 48.2 Å². The highest BCUT2D eigenvalue weighted by atomic mass is 32.2. The van der Waals surface area contributed by atoms with Crippen molar-refractivity contribution in [3.8, 4) is 18.2 Å². The summed E-state index contributed by atoms with van der Waals surface area (Å²) in [6.45, 7) is 2.87. The SMILES string of the molecule is C#CCOC1COc2c(S(N)(=O)=NC(=O)Nc3c4c(nc5c3CCC5C)CCC4)cnn2C1. The van der Waals surface area contributed by atoms with Crippen LogP contribution in [-0.4, -0.2) is 44.3 Å². The number of aryl methyl sites for hydroxylation is 1. The summed E-state index contributed by atoms with van der Waals surface area (Å²) in [5.41, 5.74) is 4.95. The second-order valence-electron chi connectivity index (χ2n) is 8.60. The van der Waals surface area contributed by atoms with Gasteiger partial charge in [0.1, 0.15) is 24.2 Å². The summed E-state index contributed by atoms with van der Waals surface area (Å²) in [5.74, 6) is 2.98. The highest BCUT2D eigenvalue weighted by molar-refractivity contribution is 7.91. The highest BCUT2D eigenvalue weighted by Gasteiger charge is 2.31. The van der Waals surface area contributed by atoms with E-state index in [9.17, 15) is 9.00 Å². The van der Waals surface area contributed by atoms with Crippen LogP contribution in [0, 0.1) is 12.3 Å². The van der Waals surface area contributed by atoms with Crippen LogP contribution in [-0.2, 0) is 40.5 Å². The lowest BCUT2D eigenvalue weighted by molar-refractivity contribution is 0.00163. The summed E-state index contributed by atoms with van der Waals surface area (Å²) in [7, 11) is -3.59. The molecule has 3 heterocycles. The van der Waals surface area contributed by atoms with Crippen LogP contribution < -0.4 is 15.2 Å². The molecule has 0 saturated heterocycles. The highest BCUT2D eigenvalue weighted by Crippen LogP contribution is 2.41. The molecular formula is C22H26N6O4S. The molecule has 3 unspecified atom stereocenters. The third-order valence-corrected chi connectivity index (χ3v) is 7.71. The van der Waals surface area contributed by atoms with Gasteiger partial charge in [-0.25, -0.2) is 18.8 Å². The van der Waals surface area contributed by atoms with E-state index in [1.54, 1.807) is 0 Å². The van der Waals surface area contributed by atoms with Gasteiger partial charge < -0.3 is 14.8 Å². The van der Waals surface area contributed by atoms with Crippen molar-refractivity contribution in [3.05, 3.63) is 28.7 Å². The maximum atomic E-state index is 13.2. The number of ether oxygens (including phenoxy) is 2. The molecule has 2 aromatic heterocycles. The van der Waals surface area contributed by atoms with E-state index >= 15 is 0 Å². The molecule has 3 N–H and O–H groups in total. The Morgan fingerprint density at radius 1 is 1.45 bits per heavy atom. The van der Waals surface area contributed by atoms with Crippen LogP contribution in [0.25, 0.3) is 0 Å². The van der Waals surface area contributed by atoms with Gasteiger partial charge in [-0.2, -0.15) is 5.10 Å². The van der Waals surface area contributed by atoms with E-state index in [1.165, 1.54) is 10.9 Å². The Kier molecular flexibility index (Phi) is 5.60. The normalized spacial score (nSPS) is 22.3. The van der Waals surface area contributed by atoms with E-state index in [2.05, 4.69) is 27.6 Å². The van der Waals surface area contributed by atoms with Crippen LogP contribution in [0.5, 0.6) is 5.88 Å². The quantitative estimate of drug-likeness (QED) is 0.658. The number of amides is 2. The van der Waals surface area contributed by atoms with Crippen molar-refractivity contribution in [1.82, 2.24) is 14.8 Å². The first kappa shape index (κ1) is 21.9. The van der Waals surface area contributed by atoms with Crippen LogP contribution >= 0.6 is 0 Å². The number of terminal acetylenes is 1. The van der Waals surface area contributed by atoms with E-state index < -0.39 is 15.9 Å². The Balaban J connectivity index is 1.41. The molecule has 1 aliphatic heterocycles. The molecule has 3 aliphatic rings. The maximum absolute atomic E-state index is 13.2. The predicted octanol–water partition coefficient (Wildman–Crippen LogP) is 2.16. The van der Waals surface area contributed by atoms with Gasteiger partial charge in [-0.05, 0) is 49.1 Å². The second-order valence-corrected chi connectivity index (χ2v) is 10.4. The molecule has 0 spiro atoms. The number of nitrogens with one attached hydrogen (secondary N) is 1. The number of carbonyl (C=O) groups excluding carboxylic acids is 1. The van der Waals surface area contributed by atoms with E-state index in [4.69, 9.17) is 26.0 Å². The van der Waals surface area contributed by atoms with Gasteiger partial charge in [0, 0.05) is 11.4 Å². The van der Waals surface area contributed by atoms with E-state index in [0.717, 1.165) is 60.3 Å². The fourth-order valence-corrected chi connectivity index (χ4v) is 5.78. The summed E-state index contributed by atoms with van der Waals surface area (Å²) < 4.78 is 29.7. The number of hydrogen-bond donors (Lipinski definition) is 2. The molecule has 11 heteroatoms. The summed E-state index contributed by atoms with van der Waals surface area (Å²) in [5, 5.41) is 13.1. The van der Waals surface area contributed by atoms with Crippen molar-refractivity contribution < 1.29 is 18.5 Å². The topological polar surface area (TPSA) is 134 Å². The molecular weight excluding hydrogens is 444 g/mol. The molecule has 174 valence electrons. The largest absolute Gasteiger partial charge is 0.474 e. The number of urea groups is 1. The lowest BCUT2D eigenvalue weighted by Gasteiger charge is -2.24. The minimum absolute atomic E-state index is 0.0758. The minimum atomic E-state index is -3.59. The third-order valence-electron chi connectivity index (χ3n) is 6.36. The number of anilines is 1. The fraction of sp³-hybridized carbons (Fsp3) is 0.500. The van der Waals surface area contributed by atoms with Gasteiger partial charge in [-0.15, -0.1) is 10.8 Å². The number of nitrogens with zero attached hydrogens (tertiary/aromatic N) is 4. The molecule has 2 amide bonds. The molecule has 2 aromatic rings. The van der Waals surface area contributed by atoms with Crippen LogP contribution in [0.3, 0.4) is 0 Å². The van der Waals surface area contributed by atoms with Gasteiger partial charge in [0.2, 0.25) is 5.88 Å². The smallest absolute Gasteiger partial charge is 0.354 e. The van der Waals surface area contributed by atoms with Crippen LogP contribution in [0.15, 0.2) is 15.5 Å². The van der Waals surface area contributed by atoms with Crippen molar-refractivity contribution in [3.63, 3.8) is 0 Å². The molecule has 3 atom stereocenters. The Morgan fingerprint density at radius 3 is 3.12 bits per heavy atom. The summed E-state index contributed by atoms with van der Waals surface area (Å²) in [6, 6.07) is -0.754. The zero-order chi connectivity index (χ0) is 23.2. The van der Waals surface area contributed by atoms with Gasteiger partial charge in [0.05, 0.1) is 18.4 Å². The fourth-order valence-electron chi connectivity index (χ4n) is 4.77. The van der Waals surface area contributed by atoms with E-state index in [-0.39, 0.29) is 30.1 Å². The summed E-state index contributed by atoms with van der Waals surface area (Å²) in [6.07, 6.45) is 10.8. The molecule has 5 rings (SSSR count). The number of carbonyl (C=O) groups is 1. The predicted molar refractivity (Wildman–Crippen MR) is 121 cm³/mol. The molecule has 10 nitrogen and oxygen atoms in total. The van der Waals surface area contributed by atoms with Crippen molar-refractivity contribution in [2.45, 2.75) is 62.5 Å². The Hall–Kier alpha value is -2.94. The van der Waals surface area contributed by atoms with Crippen molar-refractivity contribution in [1.29, 1.82) is 0 Å². The second kappa shape index (κ2) is 8.44. The Morgan fingerprint density at radius 2 is 2.30 bits per heavy atom. The average Bonchev–Trinajstić information content (AvgIpc) is 3.50. The number of rotatable bonds is 4. The van der Waals surface area contributed by atoms with Crippen LogP contribution in [0.2, 0.25) is 0 Å². The molecule has 2 aliphatic carbocycles. The lowest BCUT2D eigenvalue weighted by Crippen LogP contribution is -2.33. The van der Waals surface area contributed by atoms with Gasteiger partial charge >= 0.3 is 6.03 Å². The number of nitrogens with two attached hydrogens (primary N) is 1. The first-order valence-electron chi connectivity index (χ1n) is 11.0. The van der Waals surface area contributed by atoms with Crippen molar-refractivity contribution >= 4 is 21.6 Å². The van der Waals surface area contributed by atoms with Gasteiger partial charge in [-0.1, -0.05) is 12.8 Å². The first-order valence-corrected chi connectivity index (χ1v) is 12.6. The average molecular weight is 471 g/mol. The van der Waals surface area contributed by atoms with Crippen molar-refractivity contribution in [2.24, 2.45) is 9.50 Å². The number of hydrogen-bond acceptors (Lipinski definition) is 6. The summed E-state index contributed by atoms with van der Waals surface area (Å²) in [4.78, 5) is 17.8. The zero-order valence-electron chi connectivity index (χ0n) is 18.4. The molecule has 0 saturated carbocycles. The lowest BCUT2D eigenvalue weighted by atomic mass is 10.0. The molecule has 0 fully saturated rings. The molecule has 33 heavy (non-hydrogen) atoms. The maximum Gasteiger partial charge on any atom is 0.354 e. The van der Waals surface area contributed by atoms with Gasteiger partial charge in [0.25, 0.3) is 0 Å². The summed E-state index contributed by atoms with van der Waals surface area (Å²) >= 11 is 0. The monoisotopic (exact) mass is 470 g/mol. The van der Waals surface area contributed by atoms with Crippen LogP contribution in [0.4, 0.5) is 10.5 Å². The van der Waals surface area contributed by atoms with E-state index in [0.29, 0.717) is 12.5 Å². The van der Waals surface area contributed by atoms with Gasteiger partial charge in [0.15, 0.2) is 9.92 Å². The van der Waals surface area contributed by atoms with Gasteiger partial charge in [-0.3, -0.25) is 4.98 Å². The zero-order valence-corrected chi connectivity index (χ0v) is 19.2. The Bertz CT molecular complexity index is 1290. The first-order chi connectivity index (χ1) is 15.9. The van der Waals surface area contributed by atoms with E-state index in [1.807, 2.05) is 0 Å². The standard InChI is InChI=1S/C22H26N6O4S/c1-3-9-31-14-11-28-21(32-12-14)18(10-24-28)33(23,30)27-22(29)26-20-15-5-4-6-17(15)25-19-13(2)7-8-16(19)20/h1,10,13-14H,4-9,11-12H2,2H3,(H3,23,25,26,27,29,30). The number of aromatic nitrogens is 3. The minimum Gasteiger partial charge on any atom is -0.474 e. The number of fused-ring (bicyclic) bond motifs is 3. The number of pyridine rings is 1. The molecule has 0 bridgehead atoms. The molecule has 0 radical (unpaired) electrons. The van der Waals surface area contributed by atoms with Crippen molar-refractivity contribution in [2.75, 3.05) is 18.5 Å².